The zero-order valence-electron chi connectivity index (χ0n) is 15.6. The van der Waals surface area contributed by atoms with Gasteiger partial charge < -0.3 is 9.71 Å². The van der Waals surface area contributed by atoms with Crippen LogP contribution in [0.4, 0.5) is 18.9 Å². The number of halogens is 3. The molecule has 0 spiro atoms. The van der Waals surface area contributed by atoms with Gasteiger partial charge in [-0.1, -0.05) is 18.0 Å². The summed E-state index contributed by atoms with van der Waals surface area (Å²) in [6, 6.07) is 11.5. The zero-order valence-corrected chi connectivity index (χ0v) is 16.4. The van der Waals surface area contributed by atoms with E-state index in [1.807, 2.05) is 18.4 Å². The number of anilines is 1. The third kappa shape index (κ3) is 3.88. The van der Waals surface area contributed by atoms with Crippen molar-refractivity contribution in [3.05, 3.63) is 77.1 Å². The van der Waals surface area contributed by atoms with Crippen LogP contribution in [-0.4, -0.2) is 21.2 Å². The topological polar surface area (TPSA) is 70.7 Å². The first kappa shape index (κ1) is 20.0. The Kier molecular flexibility index (Phi) is 5.21. The Morgan fingerprint density at radius 3 is 2.53 bits per heavy atom. The van der Waals surface area contributed by atoms with Crippen LogP contribution in [0.3, 0.4) is 0 Å². The summed E-state index contributed by atoms with van der Waals surface area (Å²) < 4.78 is 42.2. The molecule has 2 N–H and O–H groups in total. The van der Waals surface area contributed by atoms with Crippen LogP contribution in [0.2, 0.25) is 0 Å². The van der Waals surface area contributed by atoms with Crippen molar-refractivity contribution in [2.75, 3.05) is 11.0 Å². The molecule has 9 heteroatoms. The maximum Gasteiger partial charge on any atom is 0.433 e. The maximum absolute atomic E-state index is 13.1. The van der Waals surface area contributed by atoms with Gasteiger partial charge in [-0.05, 0) is 53.1 Å². The molecule has 0 bridgehead atoms. The van der Waals surface area contributed by atoms with Gasteiger partial charge >= 0.3 is 6.18 Å². The number of hydrogen-bond acceptors (Lipinski definition) is 5. The van der Waals surface area contributed by atoms with Crippen molar-refractivity contribution in [1.82, 2.24) is 15.0 Å². The van der Waals surface area contributed by atoms with E-state index < -0.39 is 11.9 Å². The largest absolute Gasteiger partial charge is 0.433 e. The second-order valence-electron chi connectivity index (χ2n) is 6.46. The Morgan fingerprint density at radius 1 is 0.967 bits per heavy atom. The van der Waals surface area contributed by atoms with E-state index in [-0.39, 0.29) is 5.56 Å². The molecule has 3 aromatic heterocycles. The van der Waals surface area contributed by atoms with Gasteiger partial charge in [-0.3, -0.25) is 14.8 Å². The average Bonchev–Trinajstić information content (AvgIpc) is 2.74. The van der Waals surface area contributed by atoms with Crippen LogP contribution in [0.1, 0.15) is 5.69 Å². The first-order valence-electron chi connectivity index (χ1n) is 8.81. The highest BCUT2D eigenvalue weighted by atomic mass is 32.2. The van der Waals surface area contributed by atoms with E-state index in [4.69, 9.17) is 0 Å². The van der Waals surface area contributed by atoms with Crippen LogP contribution < -0.4 is 10.3 Å². The van der Waals surface area contributed by atoms with E-state index >= 15 is 0 Å². The van der Waals surface area contributed by atoms with Crippen molar-refractivity contribution >= 4 is 28.5 Å². The number of fused-ring (bicyclic) bond motifs is 1. The number of hydrogen-bond donors (Lipinski definition) is 2. The number of alkyl halides is 3. The van der Waals surface area contributed by atoms with Crippen molar-refractivity contribution in [3.8, 4) is 22.3 Å². The van der Waals surface area contributed by atoms with E-state index in [2.05, 4.69) is 19.7 Å². The van der Waals surface area contributed by atoms with Crippen LogP contribution in [0, 0.1) is 0 Å². The highest BCUT2D eigenvalue weighted by Gasteiger charge is 2.32. The van der Waals surface area contributed by atoms with Gasteiger partial charge in [0.2, 0.25) is 0 Å². The molecule has 30 heavy (non-hydrogen) atoms. The van der Waals surface area contributed by atoms with E-state index in [0.717, 1.165) is 23.4 Å². The van der Waals surface area contributed by atoms with Crippen molar-refractivity contribution in [2.24, 2.45) is 0 Å². The fraction of sp³-hybridized carbons (Fsp3) is 0.0952. The highest BCUT2D eigenvalue weighted by molar-refractivity contribution is 7.99. The lowest BCUT2D eigenvalue weighted by Crippen LogP contribution is -2.09. The van der Waals surface area contributed by atoms with Gasteiger partial charge in [-0.25, -0.2) is 0 Å². The van der Waals surface area contributed by atoms with Gasteiger partial charge in [0.05, 0.1) is 5.52 Å². The summed E-state index contributed by atoms with van der Waals surface area (Å²) in [4.78, 5) is 22.4. The van der Waals surface area contributed by atoms with E-state index in [1.165, 1.54) is 18.0 Å². The van der Waals surface area contributed by atoms with Gasteiger partial charge in [0.1, 0.15) is 11.4 Å². The third-order valence-electron chi connectivity index (χ3n) is 4.55. The summed E-state index contributed by atoms with van der Waals surface area (Å²) in [7, 11) is 0. The molecule has 152 valence electrons. The number of benzene rings is 1. The van der Waals surface area contributed by atoms with Crippen LogP contribution in [-0.2, 0) is 6.18 Å². The molecular formula is C21H15F3N4OS. The molecule has 0 unspecified atom stereocenters. The smallest absolute Gasteiger partial charge is 0.327 e. The van der Waals surface area contributed by atoms with Gasteiger partial charge in [0, 0.05) is 35.8 Å². The standard InChI is InChI=1S/C21H15F3N4OS/c1-30-28-18-9-14(11-27-20(18)29)12-2-3-17-16(8-12)15(5-7-25-17)13-4-6-26-19(10-13)21(22,23)24/h2-11,28H,1H3,(H,27,29). The monoisotopic (exact) mass is 428 g/mol. The van der Waals surface area contributed by atoms with Crippen LogP contribution in [0.25, 0.3) is 33.2 Å². The van der Waals surface area contributed by atoms with E-state index in [1.54, 1.807) is 30.6 Å². The summed E-state index contributed by atoms with van der Waals surface area (Å²) in [5, 5.41) is 0.694. The van der Waals surface area contributed by atoms with Gasteiger partial charge in [0.15, 0.2) is 0 Å². The number of nitrogens with zero attached hydrogens (tertiary/aromatic N) is 2. The number of H-pyrrole nitrogens is 1. The van der Waals surface area contributed by atoms with Crippen molar-refractivity contribution in [2.45, 2.75) is 6.18 Å². The normalized spacial score (nSPS) is 11.6. The summed E-state index contributed by atoms with van der Waals surface area (Å²) in [6.07, 6.45) is 1.59. The molecule has 5 nitrogen and oxygen atoms in total. The molecule has 0 atom stereocenters. The Hall–Kier alpha value is -3.33. The lowest BCUT2D eigenvalue weighted by molar-refractivity contribution is -0.141. The quantitative estimate of drug-likeness (QED) is 0.428. The second-order valence-corrected chi connectivity index (χ2v) is 7.07. The lowest BCUT2D eigenvalue weighted by Gasteiger charge is -2.11. The second kappa shape index (κ2) is 7.83. The van der Waals surface area contributed by atoms with Crippen LogP contribution in [0.5, 0.6) is 0 Å². The molecule has 3 heterocycles. The third-order valence-corrected chi connectivity index (χ3v) is 4.98. The predicted molar refractivity (Wildman–Crippen MR) is 113 cm³/mol. The molecule has 0 aliphatic rings. The minimum atomic E-state index is -4.53. The summed E-state index contributed by atoms with van der Waals surface area (Å²) in [5.74, 6) is 0. The maximum atomic E-state index is 13.1. The van der Waals surface area contributed by atoms with Crippen molar-refractivity contribution < 1.29 is 13.2 Å². The van der Waals surface area contributed by atoms with Crippen molar-refractivity contribution in [1.29, 1.82) is 0 Å². The Balaban J connectivity index is 1.87. The summed E-state index contributed by atoms with van der Waals surface area (Å²) in [5.41, 5.74) is 2.43. The van der Waals surface area contributed by atoms with Crippen LogP contribution in [0.15, 0.2) is 65.8 Å². The van der Waals surface area contributed by atoms with Gasteiger partial charge in [-0.2, -0.15) is 13.2 Å². The molecule has 0 saturated carbocycles. The Labute approximate surface area is 173 Å². The van der Waals surface area contributed by atoms with Gasteiger partial charge in [-0.15, -0.1) is 0 Å². The minimum absolute atomic E-state index is 0.243. The number of pyridine rings is 3. The van der Waals surface area contributed by atoms with Gasteiger partial charge in [0.25, 0.3) is 5.56 Å². The molecule has 0 aliphatic heterocycles. The fourth-order valence-corrected chi connectivity index (χ4v) is 3.54. The number of nitrogens with one attached hydrogen (secondary N) is 2. The zero-order chi connectivity index (χ0) is 21.3. The summed E-state index contributed by atoms with van der Waals surface area (Å²) in [6.45, 7) is 0. The summed E-state index contributed by atoms with van der Waals surface area (Å²) >= 11 is 1.30. The minimum Gasteiger partial charge on any atom is -0.327 e. The molecule has 0 saturated heterocycles. The molecular weight excluding hydrogens is 413 g/mol. The number of aromatic nitrogens is 3. The Bertz CT molecular complexity index is 1290. The molecule has 0 fully saturated rings. The Morgan fingerprint density at radius 2 is 1.77 bits per heavy atom. The molecule has 0 radical (unpaired) electrons. The highest BCUT2D eigenvalue weighted by Crippen LogP contribution is 2.34. The molecule has 4 aromatic rings. The SMILES string of the molecule is CSNc1cc(-c2ccc3nccc(-c4ccnc(C(F)(F)F)c4)c3c2)c[nH]c1=O. The lowest BCUT2D eigenvalue weighted by atomic mass is 9.98. The first-order chi connectivity index (χ1) is 14.4. The average molecular weight is 428 g/mol. The number of aromatic amines is 1. The predicted octanol–water partition coefficient (Wildman–Crippen LogP) is 5.36. The van der Waals surface area contributed by atoms with Crippen molar-refractivity contribution in [3.63, 3.8) is 0 Å². The molecule has 4 rings (SSSR count). The number of rotatable bonds is 4. The first-order valence-corrected chi connectivity index (χ1v) is 10.0. The van der Waals surface area contributed by atoms with Crippen LogP contribution >= 0.6 is 11.9 Å². The molecule has 0 amide bonds. The molecule has 0 aliphatic carbocycles. The van der Waals surface area contributed by atoms with E-state index in [9.17, 15) is 18.0 Å². The fourth-order valence-electron chi connectivity index (χ4n) is 3.17. The molecule has 1 aromatic carbocycles. The van der Waals surface area contributed by atoms with E-state index in [0.29, 0.717) is 27.7 Å².